The van der Waals surface area contributed by atoms with E-state index in [0.29, 0.717) is 16.1 Å². The van der Waals surface area contributed by atoms with Crippen LogP contribution in [0, 0.1) is 0 Å². The van der Waals surface area contributed by atoms with Gasteiger partial charge < -0.3 is 9.52 Å². The number of sulfonamides is 1. The first-order valence-corrected chi connectivity index (χ1v) is 8.41. The highest BCUT2D eigenvalue weighted by atomic mass is 35.5. The maximum atomic E-state index is 11.9. The molecule has 0 saturated carbocycles. The summed E-state index contributed by atoms with van der Waals surface area (Å²) in [6.07, 6.45) is 2.42. The molecule has 5 nitrogen and oxygen atoms in total. The fraction of sp³-hybridized carbons (Fsp3) is 0.286. The first-order chi connectivity index (χ1) is 9.96. The van der Waals surface area contributed by atoms with E-state index in [-0.39, 0.29) is 18.7 Å². The van der Waals surface area contributed by atoms with Gasteiger partial charge in [0.25, 0.3) is 0 Å². The van der Waals surface area contributed by atoms with E-state index in [1.54, 1.807) is 30.3 Å². The maximum absolute atomic E-state index is 11.9. The number of rotatable bonds is 7. The Morgan fingerprint density at radius 3 is 2.81 bits per heavy atom. The van der Waals surface area contributed by atoms with E-state index in [1.807, 2.05) is 0 Å². The topological polar surface area (TPSA) is 79.5 Å². The van der Waals surface area contributed by atoms with E-state index in [9.17, 15) is 13.5 Å². The summed E-state index contributed by atoms with van der Waals surface area (Å²) in [5.74, 6) is -0.143. The first-order valence-electron chi connectivity index (χ1n) is 6.38. The summed E-state index contributed by atoms with van der Waals surface area (Å²) < 4.78 is 31.2. The minimum atomic E-state index is -3.46. The van der Waals surface area contributed by atoms with Crippen LogP contribution in [0.15, 0.2) is 47.3 Å². The van der Waals surface area contributed by atoms with Crippen molar-refractivity contribution >= 4 is 21.6 Å². The highest BCUT2D eigenvalue weighted by molar-refractivity contribution is 7.88. The van der Waals surface area contributed by atoms with Crippen molar-refractivity contribution in [1.29, 1.82) is 0 Å². The Bertz CT molecular complexity index is 670. The van der Waals surface area contributed by atoms with Gasteiger partial charge in [0, 0.05) is 17.1 Å². The molecule has 1 unspecified atom stereocenters. The van der Waals surface area contributed by atoms with Crippen molar-refractivity contribution in [1.82, 2.24) is 4.72 Å². The van der Waals surface area contributed by atoms with Crippen LogP contribution in [-0.2, 0) is 15.8 Å². The van der Waals surface area contributed by atoms with E-state index in [2.05, 4.69) is 4.72 Å². The molecule has 2 aromatic rings. The zero-order valence-corrected chi connectivity index (χ0v) is 12.8. The van der Waals surface area contributed by atoms with Crippen LogP contribution >= 0.6 is 11.6 Å². The van der Waals surface area contributed by atoms with Gasteiger partial charge in [-0.15, -0.1) is 0 Å². The van der Waals surface area contributed by atoms with Gasteiger partial charge in [-0.2, -0.15) is 0 Å². The Hall–Kier alpha value is -1.34. The maximum Gasteiger partial charge on any atom is 0.215 e. The van der Waals surface area contributed by atoms with E-state index in [4.69, 9.17) is 16.0 Å². The molecule has 2 rings (SSSR count). The minimum absolute atomic E-state index is 0.143. The first kappa shape index (κ1) is 16.0. The number of nitrogens with one attached hydrogen (secondary N) is 1. The van der Waals surface area contributed by atoms with Crippen LogP contribution in [-0.4, -0.2) is 20.1 Å². The van der Waals surface area contributed by atoms with Crippen LogP contribution in [0.25, 0.3) is 0 Å². The molecule has 0 aliphatic heterocycles. The fourth-order valence-electron chi connectivity index (χ4n) is 1.88. The average molecular weight is 330 g/mol. The van der Waals surface area contributed by atoms with Crippen LogP contribution in [0.2, 0.25) is 5.02 Å². The molecule has 0 aliphatic carbocycles. The lowest BCUT2D eigenvalue weighted by molar-refractivity contribution is 0.168. The lowest BCUT2D eigenvalue weighted by atomic mass is 10.1. The Balaban J connectivity index is 1.84. The van der Waals surface area contributed by atoms with Gasteiger partial charge in [0.1, 0.15) is 0 Å². The fourth-order valence-corrected chi connectivity index (χ4v) is 3.24. The smallest absolute Gasteiger partial charge is 0.215 e. The van der Waals surface area contributed by atoms with Crippen molar-refractivity contribution in [2.75, 3.05) is 6.54 Å². The Labute approximate surface area is 128 Å². The van der Waals surface area contributed by atoms with Gasteiger partial charge in [-0.1, -0.05) is 23.7 Å². The summed E-state index contributed by atoms with van der Waals surface area (Å²) in [6.45, 7) is 0.148. The second kappa shape index (κ2) is 7.09. The van der Waals surface area contributed by atoms with Crippen LogP contribution in [0.1, 0.15) is 23.7 Å². The van der Waals surface area contributed by atoms with Gasteiger partial charge in [-0.3, -0.25) is 0 Å². The normalized spacial score (nSPS) is 13.2. The van der Waals surface area contributed by atoms with Gasteiger partial charge in [0.2, 0.25) is 10.0 Å². The SMILES string of the molecule is O=S(=O)(Cc1cccc(Cl)c1)NCCC(O)c1ccoc1. The summed E-state index contributed by atoms with van der Waals surface area (Å²) in [6, 6.07) is 8.35. The molecule has 0 radical (unpaired) electrons. The van der Waals surface area contributed by atoms with Crippen LogP contribution < -0.4 is 4.72 Å². The van der Waals surface area contributed by atoms with Crippen molar-refractivity contribution in [3.05, 3.63) is 59.0 Å². The van der Waals surface area contributed by atoms with Gasteiger partial charge in [0.05, 0.1) is 24.4 Å². The number of hydrogen-bond donors (Lipinski definition) is 2. The monoisotopic (exact) mass is 329 g/mol. The molecular weight excluding hydrogens is 314 g/mol. The third-order valence-corrected chi connectivity index (χ3v) is 4.51. The van der Waals surface area contributed by atoms with Crippen LogP contribution in [0.5, 0.6) is 0 Å². The Kier molecular flexibility index (Phi) is 5.41. The number of halogens is 1. The largest absolute Gasteiger partial charge is 0.472 e. The molecule has 2 N–H and O–H groups in total. The zero-order valence-electron chi connectivity index (χ0n) is 11.2. The summed E-state index contributed by atoms with van der Waals surface area (Å²) in [4.78, 5) is 0. The molecule has 0 amide bonds. The van der Waals surface area contributed by atoms with E-state index in [0.717, 1.165) is 0 Å². The van der Waals surface area contributed by atoms with Gasteiger partial charge in [-0.25, -0.2) is 13.1 Å². The minimum Gasteiger partial charge on any atom is -0.472 e. The Morgan fingerprint density at radius 1 is 1.33 bits per heavy atom. The molecule has 7 heteroatoms. The van der Waals surface area contributed by atoms with Crippen molar-refractivity contribution in [3.8, 4) is 0 Å². The molecule has 21 heavy (non-hydrogen) atoms. The van der Waals surface area contributed by atoms with Crippen molar-refractivity contribution in [3.63, 3.8) is 0 Å². The summed E-state index contributed by atoms with van der Waals surface area (Å²) in [5.41, 5.74) is 1.24. The Morgan fingerprint density at radius 2 is 2.14 bits per heavy atom. The second-order valence-corrected chi connectivity index (χ2v) is 6.89. The molecule has 0 bridgehead atoms. The van der Waals surface area contributed by atoms with E-state index >= 15 is 0 Å². The molecule has 1 atom stereocenters. The van der Waals surface area contributed by atoms with Gasteiger partial charge >= 0.3 is 0 Å². The molecule has 1 aromatic carbocycles. The number of furan rings is 1. The van der Waals surface area contributed by atoms with Crippen molar-refractivity contribution < 1.29 is 17.9 Å². The third-order valence-electron chi connectivity index (χ3n) is 2.91. The summed E-state index contributed by atoms with van der Waals surface area (Å²) in [5, 5.41) is 10.3. The third kappa shape index (κ3) is 5.17. The molecule has 114 valence electrons. The van der Waals surface area contributed by atoms with E-state index < -0.39 is 16.1 Å². The van der Waals surface area contributed by atoms with Crippen LogP contribution in [0.3, 0.4) is 0 Å². The number of hydrogen-bond acceptors (Lipinski definition) is 4. The molecule has 0 spiro atoms. The van der Waals surface area contributed by atoms with Gasteiger partial charge in [-0.05, 0) is 30.2 Å². The standard InChI is InChI=1S/C14H16ClNO4S/c15-13-3-1-2-11(8-13)10-21(18,19)16-6-4-14(17)12-5-7-20-9-12/h1-3,5,7-9,14,16-17H,4,6,10H2. The lowest BCUT2D eigenvalue weighted by Crippen LogP contribution is -2.27. The highest BCUT2D eigenvalue weighted by Crippen LogP contribution is 2.16. The number of aliphatic hydroxyl groups is 1. The molecule has 1 aromatic heterocycles. The number of aliphatic hydroxyl groups excluding tert-OH is 1. The molecule has 0 saturated heterocycles. The summed E-state index contributed by atoms with van der Waals surface area (Å²) in [7, 11) is -3.46. The predicted octanol–water partition coefficient (Wildman–Crippen LogP) is 2.48. The highest BCUT2D eigenvalue weighted by Gasteiger charge is 2.14. The lowest BCUT2D eigenvalue weighted by Gasteiger charge is -2.10. The average Bonchev–Trinajstić information content (AvgIpc) is 2.91. The van der Waals surface area contributed by atoms with Gasteiger partial charge in [0.15, 0.2) is 0 Å². The van der Waals surface area contributed by atoms with E-state index in [1.165, 1.54) is 12.5 Å². The molecular formula is C14H16ClNO4S. The quantitative estimate of drug-likeness (QED) is 0.818. The molecule has 0 aliphatic rings. The molecule has 1 heterocycles. The molecule has 0 fully saturated rings. The second-order valence-electron chi connectivity index (χ2n) is 4.64. The van der Waals surface area contributed by atoms with Crippen molar-refractivity contribution in [2.45, 2.75) is 18.3 Å². The predicted molar refractivity (Wildman–Crippen MR) is 80.4 cm³/mol. The zero-order chi connectivity index (χ0) is 15.3. The van der Waals surface area contributed by atoms with Crippen molar-refractivity contribution in [2.24, 2.45) is 0 Å². The van der Waals surface area contributed by atoms with Crippen LogP contribution in [0.4, 0.5) is 0 Å². The number of benzene rings is 1. The summed E-state index contributed by atoms with van der Waals surface area (Å²) >= 11 is 5.82.